The zero-order chi connectivity index (χ0) is 17.4. The van der Waals surface area contributed by atoms with Crippen LogP contribution in [0.1, 0.15) is 16.8 Å². The maximum Gasteiger partial charge on any atom is 0.416 e. The molecule has 0 radical (unpaired) electrons. The van der Waals surface area contributed by atoms with E-state index in [-0.39, 0.29) is 17.3 Å². The monoisotopic (exact) mass is 348 g/mol. The van der Waals surface area contributed by atoms with Gasteiger partial charge in [-0.25, -0.2) is 12.8 Å². The van der Waals surface area contributed by atoms with E-state index in [1.165, 1.54) is 6.92 Å². The topological polar surface area (TPSA) is 98.6 Å². The standard InChI is InChI=1S/C12H8F4N4O2S/c1-6-8(5-17)11(19-18-6)20-23(21,22)10-4-7(12(14,15)16)2-3-9(10)13/h2-4H,1H3,(H2,18,19,20). The maximum atomic E-state index is 13.7. The van der Waals surface area contributed by atoms with Crippen molar-refractivity contribution in [1.29, 1.82) is 5.26 Å². The molecule has 1 aromatic carbocycles. The quantitative estimate of drug-likeness (QED) is 0.833. The van der Waals surface area contributed by atoms with E-state index in [0.717, 1.165) is 0 Å². The second-order valence-electron chi connectivity index (χ2n) is 4.43. The molecule has 0 atom stereocenters. The molecule has 122 valence electrons. The van der Waals surface area contributed by atoms with Crippen LogP contribution in [0.3, 0.4) is 0 Å². The minimum Gasteiger partial charge on any atom is -0.279 e. The summed E-state index contributed by atoms with van der Waals surface area (Å²) >= 11 is 0. The molecule has 0 bridgehead atoms. The average Bonchev–Trinajstić information content (AvgIpc) is 2.77. The van der Waals surface area contributed by atoms with E-state index in [9.17, 15) is 26.0 Å². The third kappa shape index (κ3) is 3.26. The molecule has 0 aliphatic rings. The van der Waals surface area contributed by atoms with Crippen molar-refractivity contribution >= 4 is 15.8 Å². The molecule has 2 rings (SSSR count). The SMILES string of the molecule is Cc1[nH]nc(NS(=O)(=O)c2cc(C(F)(F)F)ccc2F)c1C#N. The Hall–Kier alpha value is -2.61. The molecule has 0 amide bonds. The van der Waals surface area contributed by atoms with Gasteiger partial charge in [-0.15, -0.1) is 0 Å². The normalized spacial score (nSPS) is 12.0. The van der Waals surface area contributed by atoms with Crippen molar-refractivity contribution in [2.75, 3.05) is 4.72 Å². The molecule has 0 aliphatic heterocycles. The predicted octanol–water partition coefficient (Wildman–Crippen LogP) is 2.55. The largest absolute Gasteiger partial charge is 0.416 e. The molecule has 23 heavy (non-hydrogen) atoms. The van der Waals surface area contributed by atoms with Crippen molar-refractivity contribution in [3.63, 3.8) is 0 Å². The average molecular weight is 348 g/mol. The summed E-state index contributed by atoms with van der Waals surface area (Å²) in [6.07, 6.45) is -4.83. The number of halogens is 4. The number of benzene rings is 1. The molecule has 0 spiro atoms. The summed E-state index contributed by atoms with van der Waals surface area (Å²) in [6.45, 7) is 1.44. The lowest BCUT2D eigenvalue weighted by atomic mass is 10.2. The fraction of sp³-hybridized carbons (Fsp3) is 0.167. The number of nitrogens with zero attached hydrogens (tertiary/aromatic N) is 2. The van der Waals surface area contributed by atoms with E-state index in [0.29, 0.717) is 12.1 Å². The van der Waals surface area contributed by atoms with Crippen LogP contribution in [0.2, 0.25) is 0 Å². The molecule has 2 aromatic rings. The number of rotatable bonds is 3. The summed E-state index contributed by atoms with van der Waals surface area (Å²) < 4.78 is 77.6. The summed E-state index contributed by atoms with van der Waals surface area (Å²) in [5.74, 6) is -1.79. The number of anilines is 1. The van der Waals surface area contributed by atoms with Crippen LogP contribution in [0.4, 0.5) is 23.4 Å². The van der Waals surface area contributed by atoms with Crippen molar-refractivity contribution in [3.8, 4) is 6.07 Å². The smallest absolute Gasteiger partial charge is 0.279 e. The molecule has 0 saturated heterocycles. The van der Waals surface area contributed by atoms with E-state index in [4.69, 9.17) is 5.26 Å². The third-order valence-corrected chi connectivity index (χ3v) is 4.19. The Morgan fingerprint density at radius 2 is 2.00 bits per heavy atom. The van der Waals surface area contributed by atoms with Crippen LogP contribution in [0.25, 0.3) is 0 Å². The fourth-order valence-corrected chi connectivity index (χ4v) is 2.83. The highest BCUT2D eigenvalue weighted by Gasteiger charge is 2.33. The number of nitrogens with one attached hydrogen (secondary N) is 2. The van der Waals surface area contributed by atoms with Crippen LogP contribution in [0, 0.1) is 24.1 Å². The second kappa shape index (κ2) is 5.54. The Balaban J connectivity index is 2.50. The summed E-state index contributed by atoms with van der Waals surface area (Å²) in [5.41, 5.74) is -1.23. The minimum absolute atomic E-state index is 0.152. The maximum absolute atomic E-state index is 13.7. The Morgan fingerprint density at radius 1 is 1.35 bits per heavy atom. The van der Waals surface area contributed by atoms with Gasteiger partial charge in [-0.05, 0) is 25.1 Å². The van der Waals surface area contributed by atoms with E-state index < -0.39 is 38.3 Å². The number of aryl methyl sites for hydroxylation is 1. The van der Waals surface area contributed by atoms with Gasteiger partial charge in [0.2, 0.25) is 0 Å². The first kappa shape index (κ1) is 16.8. The number of aromatic nitrogens is 2. The van der Waals surface area contributed by atoms with Gasteiger partial charge in [0.1, 0.15) is 22.3 Å². The number of nitriles is 1. The zero-order valence-electron chi connectivity index (χ0n) is 11.4. The van der Waals surface area contributed by atoms with Crippen LogP contribution in [-0.4, -0.2) is 18.6 Å². The Morgan fingerprint density at radius 3 is 2.57 bits per heavy atom. The van der Waals surface area contributed by atoms with Crippen LogP contribution in [0.15, 0.2) is 23.1 Å². The minimum atomic E-state index is -4.83. The number of hydrogen-bond acceptors (Lipinski definition) is 4. The van der Waals surface area contributed by atoms with E-state index in [2.05, 4.69) is 10.2 Å². The molecule has 0 fully saturated rings. The van der Waals surface area contributed by atoms with Gasteiger partial charge in [0, 0.05) is 0 Å². The van der Waals surface area contributed by atoms with Gasteiger partial charge in [-0.1, -0.05) is 0 Å². The number of alkyl halides is 3. The highest BCUT2D eigenvalue weighted by Crippen LogP contribution is 2.32. The van der Waals surface area contributed by atoms with Gasteiger partial charge in [0.15, 0.2) is 5.82 Å². The van der Waals surface area contributed by atoms with Gasteiger partial charge in [0.05, 0.1) is 11.3 Å². The Kier molecular flexibility index (Phi) is 4.04. The van der Waals surface area contributed by atoms with Gasteiger partial charge >= 0.3 is 6.18 Å². The molecule has 1 aromatic heterocycles. The Labute approximate surface area is 127 Å². The fourth-order valence-electron chi connectivity index (χ4n) is 1.71. The molecular formula is C12H8F4N4O2S. The molecule has 1 heterocycles. The van der Waals surface area contributed by atoms with Gasteiger partial charge < -0.3 is 0 Å². The van der Waals surface area contributed by atoms with E-state index in [1.54, 1.807) is 10.8 Å². The molecule has 0 unspecified atom stereocenters. The lowest BCUT2D eigenvalue weighted by Gasteiger charge is -2.11. The highest BCUT2D eigenvalue weighted by atomic mass is 32.2. The lowest BCUT2D eigenvalue weighted by molar-refractivity contribution is -0.137. The summed E-state index contributed by atoms with van der Waals surface area (Å²) in [5, 5.41) is 14.7. The van der Waals surface area contributed by atoms with E-state index >= 15 is 0 Å². The molecular weight excluding hydrogens is 340 g/mol. The molecule has 11 heteroatoms. The number of aromatic amines is 1. The molecule has 2 N–H and O–H groups in total. The third-order valence-electron chi connectivity index (χ3n) is 2.84. The molecule has 6 nitrogen and oxygen atoms in total. The van der Waals surface area contributed by atoms with Crippen molar-refractivity contribution in [3.05, 3.63) is 40.8 Å². The summed E-state index contributed by atoms with van der Waals surface area (Å²) in [6, 6.07) is 2.67. The van der Waals surface area contributed by atoms with Gasteiger partial charge in [0.25, 0.3) is 10.0 Å². The van der Waals surface area contributed by atoms with Crippen molar-refractivity contribution in [2.45, 2.75) is 18.0 Å². The van der Waals surface area contributed by atoms with Crippen LogP contribution < -0.4 is 4.72 Å². The zero-order valence-corrected chi connectivity index (χ0v) is 12.2. The number of sulfonamides is 1. The summed E-state index contributed by atoms with van der Waals surface area (Å²) in [7, 11) is -4.70. The van der Waals surface area contributed by atoms with Crippen LogP contribution >= 0.6 is 0 Å². The predicted molar refractivity (Wildman–Crippen MR) is 70.3 cm³/mol. The first-order chi connectivity index (χ1) is 10.6. The van der Waals surface area contributed by atoms with Crippen molar-refractivity contribution in [1.82, 2.24) is 10.2 Å². The number of H-pyrrole nitrogens is 1. The van der Waals surface area contributed by atoms with Crippen LogP contribution in [-0.2, 0) is 16.2 Å². The van der Waals surface area contributed by atoms with Gasteiger partial charge in [-0.3, -0.25) is 9.82 Å². The van der Waals surface area contributed by atoms with Crippen LogP contribution in [0.5, 0.6) is 0 Å². The summed E-state index contributed by atoms with van der Waals surface area (Å²) in [4.78, 5) is -1.20. The van der Waals surface area contributed by atoms with E-state index in [1.807, 2.05) is 0 Å². The highest BCUT2D eigenvalue weighted by molar-refractivity contribution is 7.92. The Bertz CT molecular complexity index is 897. The number of hydrogen-bond donors (Lipinski definition) is 2. The molecule has 0 saturated carbocycles. The lowest BCUT2D eigenvalue weighted by Crippen LogP contribution is -2.17. The first-order valence-corrected chi connectivity index (χ1v) is 7.39. The second-order valence-corrected chi connectivity index (χ2v) is 6.08. The van der Waals surface area contributed by atoms with Crippen molar-refractivity contribution < 1.29 is 26.0 Å². The van der Waals surface area contributed by atoms with Gasteiger partial charge in [-0.2, -0.15) is 23.5 Å². The molecule has 0 aliphatic carbocycles. The van der Waals surface area contributed by atoms with Crippen molar-refractivity contribution in [2.24, 2.45) is 0 Å². The first-order valence-electron chi connectivity index (χ1n) is 5.91.